The van der Waals surface area contributed by atoms with E-state index in [1.165, 1.54) is 0 Å². The SMILES string of the molecule is O=C1C(=O)N(CCc2cccnc2)c2c(F)cc(F)cc21. The largest absolute Gasteiger partial charge is 0.302 e. The zero-order valence-electron chi connectivity index (χ0n) is 10.8. The van der Waals surface area contributed by atoms with Gasteiger partial charge in [0.1, 0.15) is 5.82 Å². The van der Waals surface area contributed by atoms with Gasteiger partial charge >= 0.3 is 0 Å². The topological polar surface area (TPSA) is 50.3 Å². The quantitative estimate of drug-likeness (QED) is 0.813. The maximum Gasteiger partial charge on any atom is 0.299 e. The number of benzene rings is 1. The standard InChI is InChI=1S/C15H10F2N2O2/c16-10-6-11-13(12(17)7-10)19(15(21)14(11)20)5-3-9-2-1-4-18-8-9/h1-2,4,6-8H,3,5H2. The van der Waals surface area contributed by atoms with Crippen molar-refractivity contribution in [3.8, 4) is 0 Å². The fourth-order valence-electron chi connectivity index (χ4n) is 2.35. The summed E-state index contributed by atoms with van der Waals surface area (Å²) < 4.78 is 27.0. The van der Waals surface area contributed by atoms with E-state index >= 15 is 0 Å². The van der Waals surface area contributed by atoms with Crippen LogP contribution in [0.1, 0.15) is 15.9 Å². The van der Waals surface area contributed by atoms with Crippen molar-refractivity contribution in [1.29, 1.82) is 0 Å². The van der Waals surface area contributed by atoms with Crippen LogP contribution in [-0.4, -0.2) is 23.2 Å². The number of rotatable bonds is 3. The second-order valence-corrected chi connectivity index (χ2v) is 4.68. The number of aromatic nitrogens is 1. The fraction of sp³-hybridized carbons (Fsp3) is 0.133. The van der Waals surface area contributed by atoms with E-state index in [-0.39, 0.29) is 17.8 Å². The summed E-state index contributed by atoms with van der Waals surface area (Å²) in [4.78, 5) is 28.7. The molecule has 106 valence electrons. The van der Waals surface area contributed by atoms with Gasteiger partial charge in [-0.3, -0.25) is 14.6 Å². The summed E-state index contributed by atoms with van der Waals surface area (Å²) >= 11 is 0. The van der Waals surface area contributed by atoms with Gasteiger partial charge in [-0.2, -0.15) is 0 Å². The molecule has 1 aliphatic rings. The molecule has 0 saturated carbocycles. The lowest BCUT2D eigenvalue weighted by Gasteiger charge is -2.16. The first-order chi connectivity index (χ1) is 10.1. The van der Waals surface area contributed by atoms with E-state index in [1.54, 1.807) is 18.5 Å². The zero-order chi connectivity index (χ0) is 15.0. The average molecular weight is 288 g/mol. The molecule has 0 atom stereocenters. The molecule has 6 heteroatoms. The Morgan fingerprint density at radius 3 is 2.71 bits per heavy atom. The van der Waals surface area contributed by atoms with Gasteiger partial charge in [0.05, 0.1) is 11.3 Å². The third-order valence-electron chi connectivity index (χ3n) is 3.33. The summed E-state index contributed by atoms with van der Waals surface area (Å²) in [7, 11) is 0. The molecule has 0 N–H and O–H groups in total. The van der Waals surface area contributed by atoms with Gasteiger partial charge in [0, 0.05) is 25.0 Å². The molecule has 0 aliphatic carbocycles. The number of carbonyl (C=O) groups excluding carboxylic acids is 2. The number of hydrogen-bond acceptors (Lipinski definition) is 3. The van der Waals surface area contributed by atoms with Gasteiger partial charge in [0.2, 0.25) is 0 Å². The van der Waals surface area contributed by atoms with E-state index in [4.69, 9.17) is 0 Å². The second-order valence-electron chi connectivity index (χ2n) is 4.68. The lowest BCUT2D eigenvalue weighted by Crippen LogP contribution is -2.32. The highest BCUT2D eigenvalue weighted by atomic mass is 19.1. The number of fused-ring (bicyclic) bond motifs is 1. The van der Waals surface area contributed by atoms with Crippen molar-refractivity contribution in [3.05, 3.63) is 59.4 Å². The number of nitrogens with zero attached hydrogens (tertiary/aromatic N) is 2. The Bertz CT molecular complexity index is 732. The van der Waals surface area contributed by atoms with Crippen LogP contribution < -0.4 is 4.90 Å². The molecule has 2 heterocycles. The van der Waals surface area contributed by atoms with Crippen molar-refractivity contribution < 1.29 is 18.4 Å². The molecule has 21 heavy (non-hydrogen) atoms. The van der Waals surface area contributed by atoms with Crippen LogP contribution in [0.5, 0.6) is 0 Å². The van der Waals surface area contributed by atoms with E-state index in [9.17, 15) is 18.4 Å². The van der Waals surface area contributed by atoms with Crippen LogP contribution in [0, 0.1) is 11.6 Å². The van der Waals surface area contributed by atoms with Crippen LogP contribution in [0.4, 0.5) is 14.5 Å². The number of hydrogen-bond donors (Lipinski definition) is 0. The van der Waals surface area contributed by atoms with Crippen molar-refractivity contribution in [3.63, 3.8) is 0 Å². The van der Waals surface area contributed by atoms with Crippen LogP contribution in [-0.2, 0) is 11.2 Å². The van der Waals surface area contributed by atoms with Crippen LogP contribution >= 0.6 is 0 Å². The minimum absolute atomic E-state index is 0.131. The summed E-state index contributed by atoms with van der Waals surface area (Å²) in [6.45, 7) is 0.131. The number of ketones is 1. The normalized spacial score (nSPS) is 13.7. The average Bonchev–Trinajstić information content (AvgIpc) is 2.71. The predicted octanol–water partition coefficient (Wildman–Crippen LogP) is 2.13. The van der Waals surface area contributed by atoms with Gasteiger partial charge in [0.25, 0.3) is 11.7 Å². The summed E-state index contributed by atoms with van der Waals surface area (Å²) in [5.74, 6) is -3.50. The van der Waals surface area contributed by atoms with Crippen molar-refractivity contribution in [2.24, 2.45) is 0 Å². The highest BCUT2D eigenvalue weighted by Gasteiger charge is 2.38. The maximum atomic E-state index is 13.9. The number of amides is 1. The van der Waals surface area contributed by atoms with Crippen molar-refractivity contribution >= 4 is 17.4 Å². The molecule has 0 spiro atoms. The van der Waals surface area contributed by atoms with E-state index in [1.807, 2.05) is 6.07 Å². The number of halogens is 2. The van der Waals surface area contributed by atoms with Gasteiger partial charge in [-0.05, 0) is 24.1 Å². The highest BCUT2D eigenvalue weighted by molar-refractivity contribution is 6.52. The van der Waals surface area contributed by atoms with E-state index < -0.39 is 23.3 Å². The zero-order valence-corrected chi connectivity index (χ0v) is 10.8. The van der Waals surface area contributed by atoms with Gasteiger partial charge in [-0.15, -0.1) is 0 Å². The van der Waals surface area contributed by atoms with Gasteiger partial charge in [0.15, 0.2) is 5.82 Å². The summed E-state index contributed by atoms with van der Waals surface area (Å²) in [5.41, 5.74) is 0.493. The molecule has 4 nitrogen and oxygen atoms in total. The maximum absolute atomic E-state index is 13.9. The Morgan fingerprint density at radius 2 is 2.00 bits per heavy atom. The second kappa shape index (κ2) is 5.05. The molecule has 0 radical (unpaired) electrons. The van der Waals surface area contributed by atoms with E-state index in [0.717, 1.165) is 16.5 Å². The van der Waals surface area contributed by atoms with Gasteiger partial charge in [-0.25, -0.2) is 8.78 Å². The number of pyridine rings is 1. The first kappa shape index (κ1) is 13.4. The first-order valence-electron chi connectivity index (χ1n) is 6.32. The van der Waals surface area contributed by atoms with Crippen molar-refractivity contribution in [2.45, 2.75) is 6.42 Å². The minimum atomic E-state index is -0.907. The molecule has 0 saturated heterocycles. The smallest absolute Gasteiger partial charge is 0.299 e. The third kappa shape index (κ3) is 2.29. The highest BCUT2D eigenvalue weighted by Crippen LogP contribution is 2.32. The van der Waals surface area contributed by atoms with Crippen molar-refractivity contribution in [2.75, 3.05) is 11.4 Å². The van der Waals surface area contributed by atoms with E-state index in [2.05, 4.69) is 4.98 Å². The van der Waals surface area contributed by atoms with Crippen LogP contribution in [0.3, 0.4) is 0 Å². The monoisotopic (exact) mass is 288 g/mol. The molecule has 1 aromatic heterocycles. The number of anilines is 1. The lowest BCUT2D eigenvalue weighted by molar-refractivity contribution is -0.114. The Kier molecular flexibility index (Phi) is 3.21. The molecule has 3 rings (SSSR count). The molecule has 2 aromatic rings. The van der Waals surface area contributed by atoms with Gasteiger partial charge in [-0.1, -0.05) is 6.07 Å². The molecule has 1 amide bonds. The Balaban J connectivity index is 1.91. The lowest BCUT2D eigenvalue weighted by atomic mass is 10.1. The van der Waals surface area contributed by atoms with Crippen LogP contribution in [0.15, 0.2) is 36.7 Å². The van der Waals surface area contributed by atoms with Crippen LogP contribution in [0.2, 0.25) is 0 Å². The fourth-order valence-corrected chi connectivity index (χ4v) is 2.35. The summed E-state index contributed by atoms with van der Waals surface area (Å²) in [6.07, 6.45) is 3.67. The molecule has 1 aliphatic heterocycles. The molecular formula is C15H10F2N2O2. The number of Topliss-reactive ketones (excluding diaryl/α,β-unsaturated/α-hetero) is 1. The molecule has 0 unspecified atom stereocenters. The molecular weight excluding hydrogens is 278 g/mol. The minimum Gasteiger partial charge on any atom is -0.302 e. The first-order valence-corrected chi connectivity index (χ1v) is 6.32. The Labute approximate surface area is 119 Å². The third-order valence-corrected chi connectivity index (χ3v) is 3.33. The predicted molar refractivity (Wildman–Crippen MR) is 71.0 cm³/mol. The van der Waals surface area contributed by atoms with E-state index in [0.29, 0.717) is 12.5 Å². The molecule has 0 fully saturated rings. The summed E-state index contributed by atoms with van der Waals surface area (Å²) in [5, 5.41) is 0. The Hall–Kier alpha value is -2.63. The number of carbonyl (C=O) groups is 2. The summed E-state index contributed by atoms with van der Waals surface area (Å²) in [6, 6.07) is 5.12. The Morgan fingerprint density at radius 1 is 1.19 bits per heavy atom. The van der Waals surface area contributed by atoms with Crippen molar-refractivity contribution in [1.82, 2.24) is 4.98 Å². The van der Waals surface area contributed by atoms with Gasteiger partial charge < -0.3 is 4.90 Å². The molecule has 1 aromatic carbocycles. The molecule has 0 bridgehead atoms. The van der Waals surface area contributed by atoms with Crippen LogP contribution in [0.25, 0.3) is 0 Å².